The van der Waals surface area contributed by atoms with Crippen molar-refractivity contribution in [3.63, 3.8) is 0 Å². The lowest BCUT2D eigenvalue weighted by molar-refractivity contribution is -0.122. The van der Waals surface area contributed by atoms with Crippen LogP contribution in [0.2, 0.25) is 0 Å². The van der Waals surface area contributed by atoms with Crippen LogP contribution < -0.4 is 15.0 Å². The van der Waals surface area contributed by atoms with Gasteiger partial charge in [-0.25, -0.2) is 0 Å². The first-order chi connectivity index (χ1) is 15.8. The number of thiocarbonyl (C=S) groups is 1. The van der Waals surface area contributed by atoms with E-state index in [0.717, 1.165) is 11.8 Å². The molecule has 7 nitrogen and oxygen atoms in total. The van der Waals surface area contributed by atoms with E-state index in [4.69, 9.17) is 17.0 Å². The maximum absolute atomic E-state index is 13.4. The van der Waals surface area contributed by atoms with Crippen molar-refractivity contribution in [2.75, 3.05) is 30.4 Å². The summed E-state index contributed by atoms with van der Waals surface area (Å²) >= 11 is 6.55. The van der Waals surface area contributed by atoms with E-state index in [-0.39, 0.29) is 30.2 Å². The molecule has 9 heteroatoms. The fraction of sp³-hybridized carbons (Fsp3) is 0.250. The number of nitrogens with one attached hydrogen (secondary N) is 1. The van der Waals surface area contributed by atoms with Crippen LogP contribution in [0.1, 0.15) is 19.4 Å². The summed E-state index contributed by atoms with van der Waals surface area (Å²) in [5.74, 6) is -0.0814. The van der Waals surface area contributed by atoms with E-state index in [1.807, 2.05) is 19.9 Å². The molecule has 0 atom stereocenters. The highest BCUT2D eigenvalue weighted by atomic mass is 32.2. The quantitative estimate of drug-likeness (QED) is 0.498. The van der Waals surface area contributed by atoms with Gasteiger partial charge in [-0.2, -0.15) is 0 Å². The predicted molar refractivity (Wildman–Crippen MR) is 134 cm³/mol. The number of nitrogens with zero attached hydrogens (tertiary/aromatic N) is 2. The Hall–Kier alpha value is -3.17. The molecule has 33 heavy (non-hydrogen) atoms. The fourth-order valence-corrected chi connectivity index (χ4v) is 5.09. The predicted octanol–water partition coefficient (Wildman–Crippen LogP) is 3.91. The molecule has 1 fully saturated rings. The summed E-state index contributed by atoms with van der Waals surface area (Å²) in [5.41, 5.74) is 2.11. The molecule has 170 valence electrons. The van der Waals surface area contributed by atoms with Gasteiger partial charge in [-0.3, -0.25) is 24.2 Å². The average Bonchev–Trinajstić information content (AvgIpc) is 3.21. The minimum Gasteiger partial charge on any atom is -0.497 e. The van der Waals surface area contributed by atoms with Gasteiger partial charge >= 0.3 is 0 Å². The summed E-state index contributed by atoms with van der Waals surface area (Å²) in [4.78, 5) is 42.6. The lowest BCUT2D eigenvalue weighted by atomic mass is 10.1. The molecule has 0 spiro atoms. The first-order valence-corrected chi connectivity index (χ1v) is 11.7. The van der Waals surface area contributed by atoms with Crippen LogP contribution in [-0.2, 0) is 14.4 Å². The normalized spacial score (nSPS) is 17.8. The van der Waals surface area contributed by atoms with Gasteiger partial charge in [-0.15, -0.1) is 0 Å². The second-order valence-electron chi connectivity index (χ2n) is 8.07. The molecule has 0 bridgehead atoms. The molecule has 0 aromatic heterocycles. The number of rotatable bonds is 6. The molecule has 2 heterocycles. The van der Waals surface area contributed by atoms with Crippen LogP contribution in [0.3, 0.4) is 0 Å². The number of hydrogen-bond donors (Lipinski definition) is 1. The number of carbonyl (C=O) groups excluding carboxylic acids is 3. The van der Waals surface area contributed by atoms with Gasteiger partial charge in [0, 0.05) is 17.8 Å². The molecule has 0 aliphatic carbocycles. The molecular weight excluding hydrogens is 458 g/mol. The molecule has 1 saturated heterocycles. The Morgan fingerprint density at radius 1 is 1.06 bits per heavy atom. The minimum absolute atomic E-state index is 0.183. The number of methoxy groups -OCH3 is 1. The molecular formula is C24H23N3O4S2. The molecule has 3 amide bonds. The molecule has 2 aliphatic heterocycles. The zero-order valence-electron chi connectivity index (χ0n) is 18.5. The number of anilines is 2. The van der Waals surface area contributed by atoms with Crippen LogP contribution in [0.4, 0.5) is 11.4 Å². The largest absolute Gasteiger partial charge is 0.497 e. The highest BCUT2D eigenvalue weighted by molar-refractivity contribution is 8.26. The first-order valence-electron chi connectivity index (χ1n) is 10.4. The minimum atomic E-state index is -0.383. The van der Waals surface area contributed by atoms with Crippen LogP contribution in [0.25, 0.3) is 5.57 Å². The van der Waals surface area contributed by atoms with Gasteiger partial charge in [0.15, 0.2) is 0 Å². The summed E-state index contributed by atoms with van der Waals surface area (Å²) in [7, 11) is 1.57. The molecule has 2 aromatic rings. The number of ether oxygens (including phenoxy) is 1. The standard InChI is InChI=1S/C24H23N3O4S2/c1-14(2)12-27-23(30)21(33-24(27)32)20-17-6-4-5-7-18(17)26(22(20)29)13-19(28)25-15-8-10-16(31-3)11-9-15/h4-11,14H,12-13H2,1-3H3,(H,25,28)/b21-20-. The Kier molecular flexibility index (Phi) is 6.53. The summed E-state index contributed by atoms with van der Waals surface area (Å²) in [5, 5.41) is 2.79. The third-order valence-electron chi connectivity index (χ3n) is 5.22. The monoisotopic (exact) mass is 481 g/mol. The van der Waals surface area contributed by atoms with Crippen molar-refractivity contribution in [2.45, 2.75) is 13.8 Å². The van der Waals surface area contributed by atoms with Crippen LogP contribution in [-0.4, -0.2) is 47.1 Å². The van der Waals surface area contributed by atoms with Gasteiger partial charge in [-0.05, 0) is 36.2 Å². The van der Waals surface area contributed by atoms with Gasteiger partial charge in [0.25, 0.3) is 11.8 Å². The van der Waals surface area contributed by atoms with E-state index < -0.39 is 0 Å². The molecule has 2 aliphatic rings. The average molecular weight is 482 g/mol. The van der Waals surface area contributed by atoms with Crippen LogP contribution >= 0.6 is 24.0 Å². The Bertz CT molecular complexity index is 1170. The zero-order valence-corrected chi connectivity index (χ0v) is 20.1. The number of carbonyl (C=O) groups is 3. The summed E-state index contributed by atoms with van der Waals surface area (Å²) in [6, 6.07) is 14.1. The second kappa shape index (κ2) is 9.36. The van der Waals surface area contributed by atoms with Crippen LogP contribution in [0.5, 0.6) is 5.75 Å². The number of thioether (sulfide) groups is 1. The summed E-state index contributed by atoms with van der Waals surface area (Å²) in [6.07, 6.45) is 0. The van der Waals surface area contributed by atoms with Gasteiger partial charge in [0.1, 0.15) is 16.6 Å². The van der Waals surface area contributed by atoms with Crippen molar-refractivity contribution in [3.05, 3.63) is 59.0 Å². The molecule has 2 aromatic carbocycles. The second-order valence-corrected chi connectivity index (χ2v) is 9.71. The zero-order chi connectivity index (χ0) is 23.7. The van der Waals surface area contributed by atoms with E-state index in [1.54, 1.807) is 54.5 Å². The van der Waals surface area contributed by atoms with Crippen molar-refractivity contribution in [3.8, 4) is 5.75 Å². The highest BCUT2D eigenvalue weighted by Gasteiger charge is 2.42. The third kappa shape index (κ3) is 4.51. The van der Waals surface area contributed by atoms with Crippen LogP contribution in [0.15, 0.2) is 53.4 Å². The highest BCUT2D eigenvalue weighted by Crippen LogP contribution is 2.44. The fourth-order valence-electron chi connectivity index (χ4n) is 3.75. The Morgan fingerprint density at radius 3 is 2.42 bits per heavy atom. The SMILES string of the molecule is COc1ccc(NC(=O)CN2C(=O)/C(=C3\SC(=S)N(CC(C)C)C3=O)c3ccccc32)cc1. The van der Waals surface area contributed by atoms with Crippen molar-refractivity contribution in [1.29, 1.82) is 0 Å². The Morgan fingerprint density at radius 2 is 1.76 bits per heavy atom. The lowest BCUT2D eigenvalue weighted by Crippen LogP contribution is -2.36. The van der Waals surface area contributed by atoms with Gasteiger partial charge < -0.3 is 10.1 Å². The third-order valence-corrected chi connectivity index (χ3v) is 6.67. The van der Waals surface area contributed by atoms with Crippen molar-refractivity contribution in [1.82, 2.24) is 4.90 Å². The van der Waals surface area contributed by atoms with Gasteiger partial charge in [0.2, 0.25) is 5.91 Å². The van der Waals surface area contributed by atoms with E-state index in [1.165, 1.54) is 4.90 Å². The number of para-hydroxylation sites is 1. The molecule has 0 radical (unpaired) electrons. The van der Waals surface area contributed by atoms with E-state index >= 15 is 0 Å². The van der Waals surface area contributed by atoms with Crippen molar-refractivity contribution in [2.24, 2.45) is 5.92 Å². The molecule has 0 saturated carbocycles. The number of hydrogen-bond acceptors (Lipinski definition) is 6. The lowest BCUT2D eigenvalue weighted by Gasteiger charge is -2.17. The number of fused-ring (bicyclic) bond motifs is 1. The topological polar surface area (TPSA) is 79.0 Å². The molecule has 1 N–H and O–H groups in total. The van der Waals surface area contributed by atoms with E-state index in [0.29, 0.717) is 44.0 Å². The number of amides is 3. The summed E-state index contributed by atoms with van der Waals surface area (Å²) < 4.78 is 5.57. The maximum Gasteiger partial charge on any atom is 0.267 e. The number of benzene rings is 2. The van der Waals surface area contributed by atoms with Gasteiger partial charge in [0.05, 0.1) is 23.3 Å². The first kappa shape index (κ1) is 23.0. The Balaban J connectivity index is 1.61. The van der Waals surface area contributed by atoms with Crippen molar-refractivity contribution >= 4 is 63.0 Å². The smallest absolute Gasteiger partial charge is 0.267 e. The molecule has 4 rings (SSSR count). The Labute approximate surface area is 201 Å². The maximum atomic E-state index is 13.4. The van der Waals surface area contributed by atoms with Gasteiger partial charge in [-0.1, -0.05) is 56.0 Å². The van der Waals surface area contributed by atoms with Crippen LogP contribution in [0, 0.1) is 5.92 Å². The van der Waals surface area contributed by atoms with E-state index in [2.05, 4.69) is 5.32 Å². The van der Waals surface area contributed by atoms with E-state index in [9.17, 15) is 14.4 Å². The van der Waals surface area contributed by atoms with Crippen molar-refractivity contribution < 1.29 is 19.1 Å². The molecule has 0 unspecified atom stereocenters. The summed E-state index contributed by atoms with van der Waals surface area (Å²) in [6.45, 7) is 4.32.